The fraction of sp³-hybridized carbons (Fsp3) is 0.455. The van der Waals surface area contributed by atoms with Gasteiger partial charge in [-0.15, -0.1) is 0 Å². The van der Waals surface area contributed by atoms with E-state index in [1.165, 1.54) is 37.9 Å². The summed E-state index contributed by atoms with van der Waals surface area (Å²) in [5, 5.41) is 0.830. The summed E-state index contributed by atoms with van der Waals surface area (Å²) in [5.74, 6) is 0.795. The normalized spacial score (nSPS) is 20.7. The van der Waals surface area contributed by atoms with Crippen LogP contribution in [0.1, 0.15) is 36.3 Å². The van der Waals surface area contributed by atoms with Crippen LogP contribution in [0.15, 0.2) is 48.5 Å². The number of aryl methyl sites for hydroxylation is 1. The molecule has 25 heavy (non-hydrogen) atoms. The molecule has 0 N–H and O–H groups in total. The highest BCUT2D eigenvalue weighted by molar-refractivity contribution is 6.30. The van der Waals surface area contributed by atoms with Crippen molar-refractivity contribution in [3.63, 3.8) is 0 Å². The van der Waals surface area contributed by atoms with Crippen molar-refractivity contribution < 1.29 is 0 Å². The summed E-state index contributed by atoms with van der Waals surface area (Å²) < 4.78 is 0. The van der Waals surface area contributed by atoms with Gasteiger partial charge in [0.2, 0.25) is 0 Å². The van der Waals surface area contributed by atoms with E-state index < -0.39 is 0 Å². The van der Waals surface area contributed by atoms with E-state index in [2.05, 4.69) is 46.2 Å². The van der Waals surface area contributed by atoms with E-state index in [0.717, 1.165) is 37.1 Å². The van der Waals surface area contributed by atoms with Crippen LogP contribution in [0.25, 0.3) is 0 Å². The Morgan fingerprint density at radius 3 is 2.64 bits per heavy atom. The lowest BCUT2D eigenvalue weighted by atomic mass is 9.96. The average molecular weight is 355 g/mol. The number of benzene rings is 2. The van der Waals surface area contributed by atoms with Crippen LogP contribution in [-0.2, 0) is 6.42 Å². The summed E-state index contributed by atoms with van der Waals surface area (Å²) in [5.41, 5.74) is 4.46. The standard InChI is InChI=1S/C22H27ClN2/c23-20-7-3-8-21(17-20)25-15-13-24(14-16-25)12-4-6-19-11-10-18-5-1-2-9-22(18)19/h1-3,5,7-9,17,19H,4,6,10-16H2. The van der Waals surface area contributed by atoms with Gasteiger partial charge in [-0.1, -0.05) is 41.9 Å². The summed E-state index contributed by atoms with van der Waals surface area (Å²) in [6.07, 6.45) is 5.28. The maximum Gasteiger partial charge on any atom is 0.0426 e. The Balaban J connectivity index is 1.22. The van der Waals surface area contributed by atoms with Crippen molar-refractivity contribution in [1.82, 2.24) is 4.90 Å². The molecule has 132 valence electrons. The molecule has 2 aliphatic rings. The van der Waals surface area contributed by atoms with Crippen LogP contribution in [-0.4, -0.2) is 37.6 Å². The SMILES string of the molecule is Clc1cccc(N2CCN(CCCC3CCc4ccccc43)CC2)c1. The fourth-order valence-corrected chi connectivity index (χ4v) is 4.59. The van der Waals surface area contributed by atoms with Gasteiger partial charge in [-0.2, -0.15) is 0 Å². The molecule has 0 amide bonds. The van der Waals surface area contributed by atoms with E-state index in [9.17, 15) is 0 Å². The molecule has 1 aliphatic heterocycles. The van der Waals surface area contributed by atoms with Crippen molar-refractivity contribution in [2.75, 3.05) is 37.6 Å². The van der Waals surface area contributed by atoms with Crippen molar-refractivity contribution in [1.29, 1.82) is 0 Å². The zero-order chi connectivity index (χ0) is 17.1. The molecule has 2 aromatic carbocycles. The zero-order valence-electron chi connectivity index (χ0n) is 14.8. The van der Waals surface area contributed by atoms with Crippen LogP contribution >= 0.6 is 11.6 Å². The first-order valence-corrected chi connectivity index (χ1v) is 9.98. The number of fused-ring (bicyclic) bond motifs is 1. The lowest BCUT2D eigenvalue weighted by Gasteiger charge is -2.36. The third-order valence-corrected chi connectivity index (χ3v) is 6.06. The minimum atomic E-state index is 0.795. The third kappa shape index (κ3) is 4.02. The number of anilines is 1. The molecular weight excluding hydrogens is 328 g/mol. The Kier molecular flexibility index (Phi) is 5.28. The summed E-state index contributed by atoms with van der Waals surface area (Å²) in [6, 6.07) is 17.3. The van der Waals surface area contributed by atoms with E-state index in [1.54, 1.807) is 11.1 Å². The van der Waals surface area contributed by atoms with Crippen molar-refractivity contribution in [3.05, 3.63) is 64.7 Å². The largest absolute Gasteiger partial charge is 0.369 e. The van der Waals surface area contributed by atoms with Crippen LogP contribution < -0.4 is 4.90 Å². The van der Waals surface area contributed by atoms with Gasteiger partial charge in [-0.05, 0) is 67.5 Å². The van der Waals surface area contributed by atoms with Gasteiger partial charge < -0.3 is 4.90 Å². The molecule has 2 aromatic rings. The smallest absolute Gasteiger partial charge is 0.0426 e. The molecule has 3 heteroatoms. The van der Waals surface area contributed by atoms with E-state index in [1.807, 2.05) is 12.1 Å². The number of nitrogens with zero attached hydrogens (tertiary/aromatic N) is 2. The van der Waals surface area contributed by atoms with E-state index in [0.29, 0.717) is 0 Å². The molecule has 0 saturated carbocycles. The highest BCUT2D eigenvalue weighted by atomic mass is 35.5. The molecule has 2 nitrogen and oxygen atoms in total. The molecule has 1 fully saturated rings. The van der Waals surface area contributed by atoms with Crippen LogP contribution in [0.4, 0.5) is 5.69 Å². The minimum absolute atomic E-state index is 0.795. The van der Waals surface area contributed by atoms with Crippen LogP contribution in [0, 0.1) is 0 Å². The molecule has 0 bridgehead atoms. The number of hydrogen-bond acceptors (Lipinski definition) is 2. The monoisotopic (exact) mass is 354 g/mol. The summed E-state index contributed by atoms with van der Waals surface area (Å²) in [7, 11) is 0. The Morgan fingerprint density at radius 2 is 1.80 bits per heavy atom. The molecular formula is C22H27ClN2. The van der Waals surface area contributed by atoms with Gasteiger partial charge in [0, 0.05) is 36.9 Å². The van der Waals surface area contributed by atoms with Gasteiger partial charge >= 0.3 is 0 Å². The molecule has 1 atom stereocenters. The molecule has 4 rings (SSSR count). The van der Waals surface area contributed by atoms with Gasteiger partial charge in [0.15, 0.2) is 0 Å². The maximum atomic E-state index is 6.12. The maximum absolute atomic E-state index is 6.12. The van der Waals surface area contributed by atoms with Crippen LogP contribution in [0.2, 0.25) is 5.02 Å². The molecule has 1 saturated heterocycles. The van der Waals surface area contributed by atoms with Crippen molar-refractivity contribution in [2.24, 2.45) is 0 Å². The molecule has 0 aromatic heterocycles. The number of piperazine rings is 1. The van der Waals surface area contributed by atoms with Crippen molar-refractivity contribution in [3.8, 4) is 0 Å². The average Bonchev–Trinajstić information content (AvgIpc) is 3.06. The quantitative estimate of drug-likeness (QED) is 0.747. The van der Waals surface area contributed by atoms with Crippen molar-refractivity contribution >= 4 is 17.3 Å². The summed E-state index contributed by atoms with van der Waals surface area (Å²) >= 11 is 6.12. The van der Waals surface area contributed by atoms with Gasteiger partial charge in [-0.25, -0.2) is 0 Å². The van der Waals surface area contributed by atoms with Crippen molar-refractivity contribution in [2.45, 2.75) is 31.6 Å². The number of rotatable bonds is 5. The first-order valence-electron chi connectivity index (χ1n) is 9.60. The second-order valence-corrected chi connectivity index (χ2v) is 7.82. The lowest BCUT2D eigenvalue weighted by Crippen LogP contribution is -2.46. The number of halogens is 1. The zero-order valence-corrected chi connectivity index (χ0v) is 15.6. The summed E-state index contributed by atoms with van der Waals surface area (Å²) in [6.45, 7) is 5.77. The first-order chi connectivity index (χ1) is 12.3. The topological polar surface area (TPSA) is 6.48 Å². The van der Waals surface area contributed by atoms with Gasteiger partial charge in [0.25, 0.3) is 0 Å². The Hall–Kier alpha value is -1.51. The van der Waals surface area contributed by atoms with Gasteiger partial charge in [0.1, 0.15) is 0 Å². The minimum Gasteiger partial charge on any atom is -0.369 e. The number of hydrogen-bond donors (Lipinski definition) is 0. The Morgan fingerprint density at radius 1 is 0.960 bits per heavy atom. The van der Waals surface area contributed by atoms with E-state index >= 15 is 0 Å². The molecule has 0 spiro atoms. The Labute approximate surface area is 156 Å². The van der Waals surface area contributed by atoms with E-state index in [4.69, 9.17) is 11.6 Å². The second-order valence-electron chi connectivity index (χ2n) is 7.39. The summed E-state index contributed by atoms with van der Waals surface area (Å²) in [4.78, 5) is 5.08. The van der Waals surface area contributed by atoms with E-state index in [-0.39, 0.29) is 0 Å². The fourth-order valence-electron chi connectivity index (χ4n) is 4.41. The van der Waals surface area contributed by atoms with Crippen LogP contribution in [0.3, 0.4) is 0 Å². The molecule has 1 aliphatic carbocycles. The second kappa shape index (κ2) is 7.80. The first kappa shape index (κ1) is 16.9. The lowest BCUT2D eigenvalue weighted by molar-refractivity contribution is 0.250. The molecule has 1 heterocycles. The van der Waals surface area contributed by atoms with Gasteiger partial charge in [0.05, 0.1) is 0 Å². The predicted octanol–water partition coefficient (Wildman–Crippen LogP) is 4.97. The molecule has 0 radical (unpaired) electrons. The highest BCUT2D eigenvalue weighted by Gasteiger charge is 2.22. The Bertz CT molecular complexity index is 707. The predicted molar refractivity (Wildman–Crippen MR) is 107 cm³/mol. The third-order valence-electron chi connectivity index (χ3n) is 5.83. The van der Waals surface area contributed by atoms with Crippen LogP contribution in [0.5, 0.6) is 0 Å². The highest BCUT2D eigenvalue weighted by Crippen LogP contribution is 2.36. The van der Waals surface area contributed by atoms with Gasteiger partial charge in [-0.3, -0.25) is 4.90 Å². The molecule has 1 unspecified atom stereocenters.